The molecule has 3 aromatic heterocycles. The second-order valence-electron chi connectivity index (χ2n) is 5.02. The van der Waals surface area contributed by atoms with E-state index >= 15 is 0 Å². The summed E-state index contributed by atoms with van der Waals surface area (Å²) in [5, 5.41) is 14.0. The van der Waals surface area contributed by atoms with Crippen molar-refractivity contribution in [2.45, 2.75) is 10.9 Å². The molecule has 0 saturated carbocycles. The number of thioether (sulfide) groups is 1. The smallest absolute Gasteiger partial charge is 0.196 e. The Labute approximate surface area is 151 Å². The highest BCUT2D eigenvalue weighted by atomic mass is 35.5. The minimum atomic E-state index is 0.467. The van der Waals surface area contributed by atoms with E-state index in [9.17, 15) is 0 Å². The van der Waals surface area contributed by atoms with Gasteiger partial charge in [0.1, 0.15) is 0 Å². The number of aromatic nitrogens is 4. The van der Waals surface area contributed by atoms with E-state index in [0.29, 0.717) is 26.6 Å². The molecule has 0 aliphatic carbocycles. The average molecular weight is 377 g/mol. The van der Waals surface area contributed by atoms with E-state index in [1.807, 2.05) is 36.4 Å². The van der Waals surface area contributed by atoms with Crippen LogP contribution in [0.2, 0.25) is 10.0 Å². The molecular weight excluding hydrogens is 367 g/mol. The van der Waals surface area contributed by atoms with Crippen LogP contribution in [0.1, 0.15) is 5.69 Å². The van der Waals surface area contributed by atoms with E-state index in [4.69, 9.17) is 27.7 Å². The van der Waals surface area contributed by atoms with Gasteiger partial charge in [-0.2, -0.15) is 0 Å². The van der Waals surface area contributed by atoms with Crippen molar-refractivity contribution in [3.05, 3.63) is 64.4 Å². The quantitative estimate of drug-likeness (QED) is 0.470. The van der Waals surface area contributed by atoms with Crippen molar-refractivity contribution < 1.29 is 4.52 Å². The third-order valence-electron chi connectivity index (χ3n) is 3.36. The van der Waals surface area contributed by atoms with Crippen molar-refractivity contribution in [3.8, 4) is 11.3 Å². The summed E-state index contributed by atoms with van der Waals surface area (Å²) < 4.78 is 7.17. The molecule has 0 fully saturated rings. The zero-order valence-corrected chi connectivity index (χ0v) is 14.5. The Morgan fingerprint density at radius 2 is 1.92 bits per heavy atom. The normalized spacial score (nSPS) is 11.2. The summed E-state index contributed by atoms with van der Waals surface area (Å²) >= 11 is 13.6. The second-order valence-corrected chi connectivity index (χ2v) is 6.81. The SMILES string of the molecule is Clc1cc(Cl)c2nnc(SCc3cc(-c4ccccc4)on3)n2c1. The van der Waals surface area contributed by atoms with Crippen LogP contribution in [-0.2, 0) is 5.75 Å². The van der Waals surface area contributed by atoms with Crippen molar-refractivity contribution in [1.82, 2.24) is 19.8 Å². The number of benzene rings is 1. The Bertz CT molecular complexity index is 1000. The Kier molecular flexibility index (Phi) is 4.18. The first kappa shape index (κ1) is 15.5. The maximum atomic E-state index is 6.12. The number of hydrogen-bond donors (Lipinski definition) is 0. The highest BCUT2D eigenvalue weighted by Crippen LogP contribution is 2.28. The summed E-state index contributed by atoms with van der Waals surface area (Å²) in [5.41, 5.74) is 2.39. The van der Waals surface area contributed by atoms with Gasteiger partial charge in [0.25, 0.3) is 0 Å². The lowest BCUT2D eigenvalue weighted by atomic mass is 10.2. The van der Waals surface area contributed by atoms with Crippen LogP contribution < -0.4 is 0 Å². The predicted octanol–water partition coefficient (Wildman–Crippen LogP) is 4.98. The van der Waals surface area contributed by atoms with Crippen LogP contribution >= 0.6 is 35.0 Å². The summed E-state index contributed by atoms with van der Waals surface area (Å²) in [4.78, 5) is 0. The van der Waals surface area contributed by atoms with Crippen LogP contribution in [0.5, 0.6) is 0 Å². The molecule has 0 atom stereocenters. The van der Waals surface area contributed by atoms with Gasteiger partial charge in [0.15, 0.2) is 16.6 Å². The van der Waals surface area contributed by atoms with Crippen LogP contribution in [0.3, 0.4) is 0 Å². The number of pyridine rings is 1. The van der Waals surface area contributed by atoms with Crippen molar-refractivity contribution in [2.24, 2.45) is 0 Å². The van der Waals surface area contributed by atoms with Gasteiger partial charge in [-0.3, -0.25) is 4.40 Å². The van der Waals surface area contributed by atoms with Gasteiger partial charge >= 0.3 is 0 Å². The first-order chi connectivity index (χ1) is 11.7. The molecule has 1 aromatic carbocycles. The third-order valence-corrected chi connectivity index (χ3v) is 4.82. The number of nitrogens with zero attached hydrogens (tertiary/aromatic N) is 4. The van der Waals surface area contributed by atoms with Gasteiger partial charge in [-0.15, -0.1) is 10.2 Å². The van der Waals surface area contributed by atoms with Gasteiger partial charge < -0.3 is 4.52 Å². The Morgan fingerprint density at radius 1 is 1.08 bits per heavy atom. The molecular formula is C16H10Cl2N4OS. The molecule has 0 aliphatic heterocycles. The highest BCUT2D eigenvalue weighted by molar-refractivity contribution is 7.98. The lowest BCUT2D eigenvalue weighted by Crippen LogP contribution is -1.89. The van der Waals surface area contributed by atoms with Crippen LogP contribution in [0.15, 0.2) is 58.3 Å². The van der Waals surface area contributed by atoms with Gasteiger partial charge in [0.05, 0.1) is 15.7 Å². The molecule has 0 aliphatic rings. The zero-order valence-electron chi connectivity index (χ0n) is 12.2. The summed E-state index contributed by atoms with van der Waals surface area (Å²) in [7, 11) is 0. The van der Waals surface area contributed by atoms with Gasteiger partial charge in [0, 0.05) is 23.6 Å². The summed E-state index contributed by atoms with van der Waals surface area (Å²) in [5.74, 6) is 1.34. The summed E-state index contributed by atoms with van der Waals surface area (Å²) in [6.45, 7) is 0. The average Bonchev–Trinajstić information content (AvgIpc) is 3.21. The summed E-state index contributed by atoms with van der Waals surface area (Å²) in [6, 6.07) is 13.4. The number of halogens is 2. The molecule has 0 bridgehead atoms. The molecule has 0 unspecified atom stereocenters. The topological polar surface area (TPSA) is 56.2 Å². The monoisotopic (exact) mass is 376 g/mol. The van der Waals surface area contributed by atoms with E-state index in [2.05, 4.69) is 15.4 Å². The molecule has 120 valence electrons. The Hall–Kier alpha value is -2.02. The van der Waals surface area contributed by atoms with Crippen LogP contribution in [0.25, 0.3) is 17.0 Å². The van der Waals surface area contributed by atoms with Crippen molar-refractivity contribution in [2.75, 3.05) is 0 Å². The Balaban J connectivity index is 1.55. The maximum absolute atomic E-state index is 6.12. The number of fused-ring (bicyclic) bond motifs is 1. The zero-order chi connectivity index (χ0) is 16.5. The van der Waals surface area contributed by atoms with E-state index in [1.54, 1.807) is 16.7 Å². The van der Waals surface area contributed by atoms with E-state index < -0.39 is 0 Å². The van der Waals surface area contributed by atoms with Gasteiger partial charge in [-0.25, -0.2) is 0 Å². The van der Waals surface area contributed by atoms with Gasteiger partial charge in [-0.1, -0.05) is 70.5 Å². The molecule has 0 amide bonds. The van der Waals surface area contributed by atoms with Crippen LogP contribution in [-0.4, -0.2) is 19.8 Å². The number of hydrogen-bond acceptors (Lipinski definition) is 5. The fraction of sp³-hybridized carbons (Fsp3) is 0.0625. The largest absolute Gasteiger partial charge is 0.356 e. The lowest BCUT2D eigenvalue weighted by molar-refractivity contribution is 0.426. The standard InChI is InChI=1S/C16H10Cl2N4OS/c17-11-6-13(18)15-19-20-16(22(15)8-11)24-9-12-7-14(23-21-12)10-4-2-1-3-5-10/h1-8H,9H2. The molecule has 4 aromatic rings. The molecule has 0 saturated heterocycles. The molecule has 24 heavy (non-hydrogen) atoms. The second kappa shape index (κ2) is 6.47. The first-order valence-electron chi connectivity index (χ1n) is 7.04. The van der Waals surface area contributed by atoms with Gasteiger partial charge in [0.2, 0.25) is 0 Å². The van der Waals surface area contributed by atoms with E-state index in [-0.39, 0.29) is 0 Å². The van der Waals surface area contributed by atoms with Crippen molar-refractivity contribution >= 4 is 40.6 Å². The fourth-order valence-electron chi connectivity index (χ4n) is 2.26. The lowest BCUT2D eigenvalue weighted by Gasteiger charge is -2.00. The molecule has 0 N–H and O–H groups in total. The minimum Gasteiger partial charge on any atom is -0.356 e. The van der Waals surface area contributed by atoms with Crippen molar-refractivity contribution in [1.29, 1.82) is 0 Å². The van der Waals surface area contributed by atoms with Crippen LogP contribution in [0, 0.1) is 0 Å². The summed E-state index contributed by atoms with van der Waals surface area (Å²) in [6.07, 6.45) is 1.74. The molecule has 0 radical (unpaired) electrons. The molecule has 5 nitrogen and oxygen atoms in total. The molecule has 8 heteroatoms. The fourth-order valence-corrected chi connectivity index (χ4v) is 3.56. The number of rotatable bonds is 4. The predicted molar refractivity (Wildman–Crippen MR) is 94.5 cm³/mol. The van der Waals surface area contributed by atoms with Crippen molar-refractivity contribution in [3.63, 3.8) is 0 Å². The van der Waals surface area contributed by atoms with E-state index in [0.717, 1.165) is 17.0 Å². The minimum absolute atomic E-state index is 0.467. The highest BCUT2D eigenvalue weighted by Gasteiger charge is 2.12. The maximum Gasteiger partial charge on any atom is 0.196 e. The van der Waals surface area contributed by atoms with Gasteiger partial charge in [-0.05, 0) is 6.07 Å². The molecule has 0 spiro atoms. The Morgan fingerprint density at radius 3 is 2.75 bits per heavy atom. The molecule has 3 heterocycles. The molecule has 4 rings (SSSR count). The third kappa shape index (κ3) is 3.00. The van der Waals surface area contributed by atoms with Crippen LogP contribution in [0.4, 0.5) is 0 Å². The van der Waals surface area contributed by atoms with E-state index in [1.165, 1.54) is 11.8 Å². The first-order valence-corrected chi connectivity index (χ1v) is 8.78.